The van der Waals surface area contributed by atoms with Gasteiger partial charge in [-0.1, -0.05) is 30.3 Å². The van der Waals surface area contributed by atoms with Gasteiger partial charge in [0, 0.05) is 5.39 Å². The monoisotopic (exact) mass is 344 g/mol. The third kappa shape index (κ3) is 3.21. The van der Waals surface area contributed by atoms with Gasteiger partial charge in [-0.25, -0.2) is 0 Å². The van der Waals surface area contributed by atoms with Crippen molar-refractivity contribution in [1.29, 1.82) is 0 Å². The van der Waals surface area contributed by atoms with Gasteiger partial charge in [0.25, 0.3) is 5.91 Å². The zero-order chi connectivity index (χ0) is 17.9. The summed E-state index contributed by atoms with van der Waals surface area (Å²) in [6.45, 7) is 0. The first-order valence-corrected chi connectivity index (χ1v) is 7.94. The van der Waals surface area contributed by atoms with E-state index in [9.17, 15) is 9.18 Å². The number of carbonyl (C=O) groups excluding carboxylic acids is 1. The molecule has 0 saturated carbocycles. The minimum Gasteiger partial charge on any atom is -0.455 e. The third-order valence-electron chi connectivity index (χ3n) is 3.79. The second-order valence-corrected chi connectivity index (χ2v) is 5.62. The van der Waals surface area contributed by atoms with Crippen LogP contribution < -0.4 is 10.1 Å². The van der Waals surface area contributed by atoms with Crippen molar-refractivity contribution < 1.29 is 13.9 Å². The van der Waals surface area contributed by atoms with E-state index in [1.54, 1.807) is 24.3 Å². The Morgan fingerprint density at radius 2 is 1.77 bits per heavy atom. The van der Waals surface area contributed by atoms with Gasteiger partial charge in [0.1, 0.15) is 11.4 Å². The minimum absolute atomic E-state index is 0.296. The Labute approximate surface area is 149 Å². The Balaban J connectivity index is 1.59. The highest BCUT2D eigenvalue weighted by Crippen LogP contribution is 2.29. The number of hydrogen-bond acceptors (Lipinski definition) is 2. The van der Waals surface area contributed by atoms with E-state index in [4.69, 9.17) is 4.74 Å². The molecule has 0 bridgehead atoms. The molecule has 0 unspecified atom stereocenters. The van der Waals surface area contributed by atoms with Crippen molar-refractivity contribution in [2.75, 3.05) is 5.32 Å². The number of hydrogen-bond donors (Lipinski definition) is 2. The number of ether oxygens (including phenoxy) is 1. The van der Waals surface area contributed by atoms with Gasteiger partial charge in [-0.05, 0) is 48.5 Å². The maximum absolute atomic E-state index is 13.2. The van der Waals surface area contributed by atoms with E-state index >= 15 is 0 Å². The molecule has 26 heavy (non-hydrogen) atoms. The molecule has 5 heteroatoms. The quantitative estimate of drug-likeness (QED) is 0.550. The number of aromatic nitrogens is 1. The molecule has 126 valence electrons. The number of para-hydroxylation sites is 3. The lowest BCUT2D eigenvalue weighted by atomic mass is 10.2. The number of rotatable bonds is 4. The number of halogens is 1. The summed E-state index contributed by atoms with van der Waals surface area (Å²) in [5.74, 6) is 0.304. The summed E-state index contributed by atoms with van der Waals surface area (Å²) in [7, 11) is 0. The highest BCUT2D eigenvalue weighted by Gasteiger charge is 2.13. The van der Waals surface area contributed by atoms with Crippen LogP contribution in [0.5, 0.6) is 11.5 Å². The fourth-order valence-electron chi connectivity index (χ4n) is 2.57. The Morgan fingerprint density at radius 1 is 1.00 bits per heavy atom. The van der Waals surface area contributed by atoms with Crippen molar-refractivity contribution in [2.24, 2.45) is 0 Å². The maximum atomic E-state index is 13.2. The summed E-state index contributed by atoms with van der Waals surface area (Å²) >= 11 is 0. The van der Waals surface area contributed by atoms with Gasteiger partial charge < -0.3 is 15.0 Å². The zero-order valence-corrected chi connectivity index (χ0v) is 13.5. The van der Waals surface area contributed by atoms with Gasteiger partial charge in [-0.3, -0.25) is 4.79 Å². The van der Waals surface area contributed by atoms with E-state index < -0.39 is 5.82 Å². The van der Waals surface area contributed by atoms with Crippen molar-refractivity contribution >= 4 is 22.5 Å². The second kappa shape index (κ2) is 6.61. The number of H-pyrrole nitrogens is 1. The van der Waals surface area contributed by atoms with E-state index in [-0.39, 0.29) is 5.91 Å². The van der Waals surface area contributed by atoms with Crippen molar-refractivity contribution in [3.05, 3.63) is 90.4 Å². The Kier molecular flexibility index (Phi) is 4.00. The fourth-order valence-corrected chi connectivity index (χ4v) is 2.57. The standard InChI is InChI=1S/C21H13FN2O2/c22-15-10-11-17-14(12-15)13-19(23-17)21(25)24-18-8-4-5-9-20(18)26-16-6-2-1-3-7-16/h1-9,12-13,23H,(H,24,25). The first-order chi connectivity index (χ1) is 12.7. The van der Waals surface area contributed by atoms with Crippen LogP contribution in [0, 0.1) is 17.9 Å². The van der Waals surface area contributed by atoms with E-state index in [2.05, 4.69) is 22.4 Å². The van der Waals surface area contributed by atoms with Crippen molar-refractivity contribution in [1.82, 2.24) is 4.98 Å². The summed E-state index contributed by atoms with van der Waals surface area (Å²) in [5.41, 5.74) is 1.34. The number of nitrogens with one attached hydrogen (secondary N) is 2. The molecule has 0 saturated heterocycles. The number of carbonyl (C=O) groups is 1. The van der Waals surface area contributed by atoms with Crippen molar-refractivity contribution in [3.63, 3.8) is 0 Å². The van der Waals surface area contributed by atoms with Gasteiger partial charge in [0.2, 0.25) is 0 Å². The van der Waals surface area contributed by atoms with Crippen LogP contribution in [-0.2, 0) is 0 Å². The van der Waals surface area contributed by atoms with Crippen LogP contribution in [0.3, 0.4) is 0 Å². The molecule has 4 rings (SSSR count). The summed E-state index contributed by atoms with van der Waals surface area (Å²) in [6, 6.07) is 24.3. The molecule has 4 nitrogen and oxygen atoms in total. The van der Waals surface area contributed by atoms with Crippen LogP contribution in [0.2, 0.25) is 0 Å². The lowest BCUT2D eigenvalue weighted by Crippen LogP contribution is -2.12. The molecule has 0 atom stereocenters. The summed E-state index contributed by atoms with van der Waals surface area (Å²) in [4.78, 5) is 15.5. The molecule has 1 aromatic heterocycles. The molecule has 2 N–H and O–H groups in total. The molecule has 0 aliphatic heterocycles. The number of anilines is 1. The molecule has 0 spiro atoms. The molecule has 4 aromatic rings. The molecular weight excluding hydrogens is 331 g/mol. The predicted molar refractivity (Wildman–Crippen MR) is 96.8 cm³/mol. The average Bonchev–Trinajstić information content (AvgIpc) is 3.07. The predicted octanol–water partition coefficient (Wildman–Crippen LogP) is 4.95. The van der Waals surface area contributed by atoms with E-state index in [0.717, 1.165) is 0 Å². The largest absolute Gasteiger partial charge is 0.455 e. The Hall–Kier alpha value is -3.78. The van der Waals surface area contributed by atoms with Crippen LogP contribution in [0.25, 0.3) is 10.9 Å². The highest BCUT2D eigenvalue weighted by atomic mass is 19.1. The SMILES string of the molecule is O=C(Nc1ccccc1Oc1ccccc1)c1cc2cc(F)c#cc2[nH]1. The van der Waals surface area contributed by atoms with Crippen LogP contribution >= 0.6 is 0 Å². The number of benzene rings is 2. The van der Waals surface area contributed by atoms with Crippen LogP contribution in [0.15, 0.2) is 66.7 Å². The van der Waals surface area contributed by atoms with Crippen LogP contribution in [0.4, 0.5) is 10.1 Å². The Morgan fingerprint density at radius 3 is 2.62 bits per heavy atom. The summed E-state index contributed by atoms with van der Waals surface area (Å²) in [5, 5.41) is 3.37. The smallest absolute Gasteiger partial charge is 0.272 e. The fraction of sp³-hybridized carbons (Fsp3) is 0. The van der Waals surface area contributed by atoms with Crippen molar-refractivity contribution in [2.45, 2.75) is 0 Å². The Bertz CT molecular complexity index is 1070. The van der Waals surface area contributed by atoms with E-state index in [1.165, 1.54) is 6.07 Å². The van der Waals surface area contributed by atoms with Crippen LogP contribution in [-0.4, -0.2) is 10.9 Å². The second-order valence-electron chi connectivity index (χ2n) is 5.62. The first-order valence-electron chi connectivity index (χ1n) is 7.94. The molecule has 3 aromatic carbocycles. The summed E-state index contributed by atoms with van der Waals surface area (Å²) in [6.07, 6.45) is 0. The summed E-state index contributed by atoms with van der Waals surface area (Å²) < 4.78 is 19.1. The van der Waals surface area contributed by atoms with Crippen molar-refractivity contribution in [3.8, 4) is 11.5 Å². The van der Waals surface area contributed by atoms with E-state index in [1.807, 2.05) is 36.4 Å². The topological polar surface area (TPSA) is 54.1 Å². The number of amides is 1. The first kappa shape index (κ1) is 15.7. The highest BCUT2D eigenvalue weighted by molar-refractivity contribution is 6.06. The molecule has 0 fully saturated rings. The molecule has 0 radical (unpaired) electrons. The molecule has 0 aliphatic carbocycles. The van der Waals surface area contributed by atoms with Gasteiger partial charge in [0.15, 0.2) is 11.6 Å². The van der Waals surface area contributed by atoms with E-state index in [0.29, 0.717) is 33.8 Å². The lowest BCUT2D eigenvalue weighted by Gasteiger charge is -2.11. The molecule has 0 aliphatic rings. The van der Waals surface area contributed by atoms with Gasteiger partial charge in [-0.15, -0.1) is 0 Å². The van der Waals surface area contributed by atoms with Crippen LogP contribution in [0.1, 0.15) is 10.5 Å². The normalized spacial score (nSPS) is 10.3. The average molecular weight is 344 g/mol. The maximum Gasteiger partial charge on any atom is 0.272 e. The molecular formula is C21H13FN2O2. The minimum atomic E-state index is -0.523. The number of aromatic amines is 1. The third-order valence-corrected chi connectivity index (χ3v) is 3.79. The molecule has 1 amide bonds. The van der Waals surface area contributed by atoms with Gasteiger partial charge in [0.05, 0.1) is 11.2 Å². The molecule has 1 heterocycles. The van der Waals surface area contributed by atoms with Gasteiger partial charge >= 0.3 is 0 Å². The zero-order valence-electron chi connectivity index (χ0n) is 13.5. The van der Waals surface area contributed by atoms with Gasteiger partial charge in [-0.2, -0.15) is 4.39 Å². The lowest BCUT2D eigenvalue weighted by molar-refractivity contribution is 0.102. The number of fused-ring (bicyclic) bond motifs is 1.